The number of hydrogen-bond donors (Lipinski definition) is 0. The summed E-state index contributed by atoms with van der Waals surface area (Å²) in [5, 5.41) is 4.46. The van der Waals surface area contributed by atoms with Gasteiger partial charge < -0.3 is 9.80 Å². The minimum Gasteiger partial charge on any atom is -0.365 e. The number of aromatic nitrogens is 2. The number of benzene rings is 2. The Morgan fingerprint density at radius 3 is 2.26 bits per heavy atom. The first-order chi connectivity index (χ1) is 15.0. The fraction of sp³-hybridized carbons (Fsp3) is 0.292. The van der Waals surface area contributed by atoms with Crippen molar-refractivity contribution in [2.75, 3.05) is 31.1 Å². The van der Waals surface area contributed by atoms with E-state index in [0.29, 0.717) is 44.0 Å². The number of rotatable bonds is 5. The van der Waals surface area contributed by atoms with E-state index in [2.05, 4.69) is 24.2 Å². The monoisotopic (exact) mass is 436 g/mol. The van der Waals surface area contributed by atoms with Crippen LogP contribution in [0.25, 0.3) is 5.69 Å². The minimum atomic E-state index is -0.347. The number of nitrogens with zero attached hydrogens (tertiary/aromatic N) is 4. The van der Waals surface area contributed by atoms with Gasteiger partial charge in [0.05, 0.1) is 17.6 Å². The van der Waals surface area contributed by atoms with Crippen LogP contribution in [0.4, 0.5) is 5.69 Å². The molecule has 1 aliphatic heterocycles. The van der Waals surface area contributed by atoms with Crippen molar-refractivity contribution in [2.45, 2.75) is 19.3 Å². The summed E-state index contributed by atoms with van der Waals surface area (Å²) in [6.07, 6.45) is 2.12. The Balaban J connectivity index is 1.40. The van der Waals surface area contributed by atoms with Crippen molar-refractivity contribution < 1.29 is 4.79 Å². The quantitative estimate of drug-likeness (QED) is 0.611. The van der Waals surface area contributed by atoms with Gasteiger partial charge in [-0.25, -0.2) is 0 Å². The Morgan fingerprint density at radius 1 is 1.00 bits per heavy atom. The molecule has 7 heteroatoms. The van der Waals surface area contributed by atoms with Crippen LogP contribution in [0.15, 0.2) is 71.7 Å². The molecule has 0 aliphatic carbocycles. The predicted octanol–water partition coefficient (Wildman–Crippen LogP) is 3.73. The van der Waals surface area contributed by atoms with E-state index in [-0.39, 0.29) is 22.4 Å². The van der Waals surface area contributed by atoms with Gasteiger partial charge in [-0.3, -0.25) is 9.59 Å². The molecule has 1 aromatic heterocycles. The second-order valence-electron chi connectivity index (χ2n) is 7.78. The molecule has 3 aromatic rings. The third-order valence-electron chi connectivity index (χ3n) is 5.72. The van der Waals surface area contributed by atoms with Crippen molar-refractivity contribution >= 4 is 23.2 Å². The Hall–Kier alpha value is -3.12. The molecule has 2 heterocycles. The standard InChI is InChI=1S/C24H25ClN4O2/c1-18(19-8-4-2-5-9-19)16-22(30)28-14-12-27(13-15-28)21-17-26-29(24(31)23(21)25)20-10-6-3-7-11-20/h2-11,17-18H,12-16H2,1H3. The maximum Gasteiger partial charge on any atom is 0.292 e. The van der Waals surface area contributed by atoms with E-state index in [9.17, 15) is 9.59 Å². The first kappa shape index (κ1) is 21.1. The van der Waals surface area contributed by atoms with E-state index in [1.807, 2.05) is 58.3 Å². The summed E-state index contributed by atoms with van der Waals surface area (Å²) in [6, 6.07) is 19.3. The number of anilines is 1. The van der Waals surface area contributed by atoms with Crippen LogP contribution in [0.5, 0.6) is 0 Å². The normalized spacial score (nSPS) is 15.0. The fourth-order valence-electron chi connectivity index (χ4n) is 3.88. The molecule has 160 valence electrons. The van der Waals surface area contributed by atoms with Gasteiger partial charge in [0.25, 0.3) is 5.56 Å². The summed E-state index contributed by atoms with van der Waals surface area (Å²) in [5.74, 6) is 0.329. The smallest absolute Gasteiger partial charge is 0.292 e. The van der Waals surface area contributed by atoms with Gasteiger partial charge in [0, 0.05) is 32.6 Å². The molecule has 1 amide bonds. The van der Waals surface area contributed by atoms with Gasteiger partial charge in [-0.15, -0.1) is 0 Å². The van der Waals surface area contributed by atoms with E-state index >= 15 is 0 Å². The van der Waals surface area contributed by atoms with Gasteiger partial charge in [-0.1, -0.05) is 67.1 Å². The van der Waals surface area contributed by atoms with Crippen LogP contribution in [0.1, 0.15) is 24.8 Å². The lowest BCUT2D eigenvalue weighted by Crippen LogP contribution is -2.49. The first-order valence-corrected chi connectivity index (χ1v) is 10.8. The Kier molecular flexibility index (Phi) is 6.37. The van der Waals surface area contributed by atoms with E-state index < -0.39 is 0 Å². The zero-order valence-corrected chi connectivity index (χ0v) is 18.2. The average Bonchev–Trinajstić information content (AvgIpc) is 2.82. The molecule has 1 unspecified atom stereocenters. The van der Waals surface area contributed by atoms with Gasteiger partial charge in [0.15, 0.2) is 0 Å². The summed E-state index contributed by atoms with van der Waals surface area (Å²) in [6.45, 7) is 4.50. The van der Waals surface area contributed by atoms with Crippen molar-refractivity contribution in [2.24, 2.45) is 0 Å². The third kappa shape index (κ3) is 4.64. The van der Waals surface area contributed by atoms with Crippen LogP contribution in [-0.2, 0) is 4.79 Å². The van der Waals surface area contributed by atoms with E-state index in [1.54, 1.807) is 6.20 Å². The van der Waals surface area contributed by atoms with Crippen molar-refractivity contribution in [3.63, 3.8) is 0 Å². The molecule has 1 atom stereocenters. The predicted molar refractivity (Wildman–Crippen MR) is 123 cm³/mol. The highest BCUT2D eigenvalue weighted by Gasteiger charge is 2.25. The van der Waals surface area contributed by atoms with Crippen LogP contribution in [-0.4, -0.2) is 46.8 Å². The summed E-state index contributed by atoms with van der Waals surface area (Å²) < 4.78 is 1.30. The molecule has 4 rings (SSSR count). The summed E-state index contributed by atoms with van der Waals surface area (Å²) in [4.78, 5) is 29.4. The van der Waals surface area contributed by atoms with Crippen LogP contribution in [0.3, 0.4) is 0 Å². The summed E-state index contributed by atoms with van der Waals surface area (Å²) in [7, 11) is 0. The number of hydrogen-bond acceptors (Lipinski definition) is 4. The maximum atomic E-state index is 12.8. The van der Waals surface area contributed by atoms with Gasteiger partial charge in [0.2, 0.25) is 5.91 Å². The van der Waals surface area contributed by atoms with Gasteiger partial charge >= 0.3 is 0 Å². The van der Waals surface area contributed by atoms with E-state index in [0.717, 1.165) is 0 Å². The molecule has 1 saturated heterocycles. The second-order valence-corrected chi connectivity index (χ2v) is 8.16. The topological polar surface area (TPSA) is 58.4 Å². The van der Waals surface area contributed by atoms with Crippen molar-refractivity contribution in [3.05, 3.63) is 87.8 Å². The first-order valence-electron chi connectivity index (χ1n) is 10.5. The van der Waals surface area contributed by atoms with Crippen LogP contribution in [0, 0.1) is 0 Å². The molecule has 0 spiro atoms. The van der Waals surface area contributed by atoms with Gasteiger partial charge in [-0.2, -0.15) is 9.78 Å². The molecule has 1 fully saturated rings. The van der Waals surface area contributed by atoms with Crippen LogP contribution in [0.2, 0.25) is 5.02 Å². The fourth-order valence-corrected chi connectivity index (χ4v) is 4.13. The molecule has 1 aliphatic rings. The number of para-hydroxylation sites is 1. The lowest BCUT2D eigenvalue weighted by Gasteiger charge is -2.36. The molecule has 0 bridgehead atoms. The highest BCUT2D eigenvalue weighted by Crippen LogP contribution is 2.24. The molecular formula is C24H25ClN4O2. The minimum absolute atomic E-state index is 0.149. The zero-order valence-electron chi connectivity index (χ0n) is 17.4. The third-order valence-corrected chi connectivity index (χ3v) is 6.08. The molecule has 31 heavy (non-hydrogen) atoms. The number of carbonyl (C=O) groups is 1. The molecule has 0 saturated carbocycles. The lowest BCUT2D eigenvalue weighted by atomic mass is 9.97. The highest BCUT2D eigenvalue weighted by molar-refractivity contribution is 6.33. The lowest BCUT2D eigenvalue weighted by molar-refractivity contribution is -0.131. The number of amides is 1. The zero-order chi connectivity index (χ0) is 21.8. The SMILES string of the molecule is CC(CC(=O)N1CCN(c2cnn(-c3ccccc3)c(=O)c2Cl)CC1)c1ccccc1. The molecule has 0 N–H and O–H groups in total. The Morgan fingerprint density at radius 2 is 1.61 bits per heavy atom. The van der Waals surface area contributed by atoms with Gasteiger partial charge in [0.1, 0.15) is 5.02 Å². The number of carbonyl (C=O) groups excluding carboxylic acids is 1. The molecular weight excluding hydrogens is 412 g/mol. The van der Waals surface area contributed by atoms with Crippen LogP contribution >= 0.6 is 11.6 Å². The largest absolute Gasteiger partial charge is 0.365 e. The van der Waals surface area contributed by atoms with E-state index in [1.165, 1.54) is 10.2 Å². The Bertz CT molecular complexity index is 1090. The second kappa shape index (κ2) is 9.35. The highest BCUT2D eigenvalue weighted by atomic mass is 35.5. The van der Waals surface area contributed by atoms with Crippen molar-refractivity contribution in [3.8, 4) is 5.69 Å². The molecule has 6 nitrogen and oxygen atoms in total. The van der Waals surface area contributed by atoms with Crippen molar-refractivity contribution in [1.82, 2.24) is 14.7 Å². The summed E-state index contributed by atoms with van der Waals surface area (Å²) >= 11 is 6.42. The average molecular weight is 437 g/mol. The van der Waals surface area contributed by atoms with Gasteiger partial charge in [-0.05, 0) is 23.6 Å². The van der Waals surface area contributed by atoms with Crippen molar-refractivity contribution in [1.29, 1.82) is 0 Å². The number of halogens is 1. The van der Waals surface area contributed by atoms with E-state index in [4.69, 9.17) is 11.6 Å². The molecule has 0 radical (unpaired) electrons. The number of piperazine rings is 1. The molecule has 2 aromatic carbocycles. The van der Waals surface area contributed by atoms with Crippen LogP contribution < -0.4 is 10.5 Å². The maximum absolute atomic E-state index is 12.8. The Labute approximate surface area is 186 Å². The summed E-state index contributed by atoms with van der Waals surface area (Å²) in [5.41, 5.74) is 2.11.